The average molecular weight is 394 g/mol. The van der Waals surface area contributed by atoms with Gasteiger partial charge < -0.3 is 9.72 Å². The van der Waals surface area contributed by atoms with Crippen molar-refractivity contribution >= 4 is 0 Å². The Morgan fingerprint density at radius 3 is 2.79 bits per heavy atom. The van der Waals surface area contributed by atoms with Crippen LogP contribution in [0.25, 0.3) is 0 Å². The summed E-state index contributed by atoms with van der Waals surface area (Å²) < 4.78 is 44.5. The number of nitrogens with zero attached hydrogens (tertiary/aromatic N) is 1. The second kappa shape index (κ2) is 8.82. The third-order valence-corrected chi connectivity index (χ3v) is 5.30. The highest BCUT2D eigenvalue weighted by Gasteiger charge is 2.33. The van der Waals surface area contributed by atoms with Crippen LogP contribution in [-0.4, -0.2) is 30.1 Å². The number of ether oxygens (including phenoxy) is 1. The van der Waals surface area contributed by atoms with E-state index in [1.807, 2.05) is 0 Å². The molecule has 0 aliphatic carbocycles. The van der Waals surface area contributed by atoms with E-state index in [2.05, 4.69) is 9.88 Å². The molecule has 1 saturated heterocycles. The van der Waals surface area contributed by atoms with E-state index < -0.39 is 11.7 Å². The van der Waals surface area contributed by atoms with E-state index in [9.17, 15) is 18.0 Å². The van der Waals surface area contributed by atoms with Crippen LogP contribution in [0.2, 0.25) is 0 Å². The molecule has 0 saturated carbocycles. The number of halogens is 3. The van der Waals surface area contributed by atoms with E-state index in [-0.39, 0.29) is 11.2 Å². The Bertz CT molecular complexity index is 848. The van der Waals surface area contributed by atoms with Crippen molar-refractivity contribution < 1.29 is 17.9 Å². The molecule has 28 heavy (non-hydrogen) atoms. The molecule has 1 unspecified atom stereocenters. The third-order valence-electron chi connectivity index (χ3n) is 5.30. The van der Waals surface area contributed by atoms with E-state index >= 15 is 0 Å². The van der Waals surface area contributed by atoms with Crippen molar-refractivity contribution in [1.82, 2.24) is 9.88 Å². The van der Waals surface area contributed by atoms with Crippen molar-refractivity contribution in [3.8, 4) is 5.75 Å². The fraction of sp³-hybridized carbons (Fsp3) is 0.476. The molecule has 1 fully saturated rings. The number of hydrogen-bond donors (Lipinski definition) is 1. The van der Waals surface area contributed by atoms with Crippen LogP contribution in [0.5, 0.6) is 5.75 Å². The first-order valence-electron chi connectivity index (χ1n) is 9.50. The monoisotopic (exact) mass is 394 g/mol. The molecule has 1 aromatic heterocycles. The zero-order chi connectivity index (χ0) is 20.1. The zero-order valence-corrected chi connectivity index (χ0v) is 15.9. The molecule has 1 N–H and O–H groups in total. The highest BCUT2D eigenvalue weighted by atomic mass is 19.4. The third kappa shape index (κ3) is 5.16. The maximum atomic E-state index is 13.2. The number of methoxy groups -OCH3 is 1. The van der Waals surface area contributed by atoms with Crippen molar-refractivity contribution in [3.05, 3.63) is 63.6 Å². The fourth-order valence-electron chi connectivity index (χ4n) is 3.90. The highest BCUT2D eigenvalue weighted by molar-refractivity contribution is 5.29. The number of piperidine rings is 1. The molecule has 1 aliphatic rings. The highest BCUT2D eigenvalue weighted by Crippen LogP contribution is 2.33. The lowest BCUT2D eigenvalue weighted by Gasteiger charge is -2.32. The van der Waals surface area contributed by atoms with Gasteiger partial charge in [0.25, 0.3) is 0 Å². The van der Waals surface area contributed by atoms with E-state index in [1.54, 1.807) is 24.4 Å². The van der Waals surface area contributed by atoms with Gasteiger partial charge in [-0.1, -0.05) is 18.2 Å². The number of aromatic nitrogens is 1. The minimum Gasteiger partial charge on any atom is -0.491 e. The maximum absolute atomic E-state index is 13.2. The lowest BCUT2D eigenvalue weighted by molar-refractivity contribution is -0.138. The van der Waals surface area contributed by atoms with Gasteiger partial charge in [0, 0.05) is 31.0 Å². The van der Waals surface area contributed by atoms with Gasteiger partial charge in [0.2, 0.25) is 5.43 Å². The summed E-state index contributed by atoms with van der Waals surface area (Å²) >= 11 is 0. The molecular weight excluding hydrogens is 369 g/mol. The smallest absolute Gasteiger partial charge is 0.416 e. The molecule has 0 radical (unpaired) electrons. The summed E-state index contributed by atoms with van der Waals surface area (Å²) in [6, 6.07) is 7.37. The van der Waals surface area contributed by atoms with E-state index in [1.165, 1.54) is 13.2 Å². The number of hydrogen-bond acceptors (Lipinski definition) is 3. The zero-order valence-electron chi connectivity index (χ0n) is 15.9. The molecule has 0 bridgehead atoms. The molecule has 1 aromatic carbocycles. The number of pyridine rings is 1. The van der Waals surface area contributed by atoms with Crippen LogP contribution < -0.4 is 10.2 Å². The Balaban J connectivity index is 1.59. The molecular formula is C21H25F3N2O2. The van der Waals surface area contributed by atoms with Gasteiger partial charge in [0.05, 0.1) is 12.7 Å². The van der Waals surface area contributed by atoms with Crippen LogP contribution in [0.4, 0.5) is 13.2 Å². The van der Waals surface area contributed by atoms with Gasteiger partial charge in [-0.3, -0.25) is 9.69 Å². The van der Waals surface area contributed by atoms with Crippen molar-refractivity contribution in [2.45, 2.75) is 38.4 Å². The second-order valence-electron chi connectivity index (χ2n) is 7.33. The SMILES string of the molecule is COc1c[nH]c(CN2CCCC(CCc3ccccc3C(F)(F)F)C2)cc1=O. The first-order chi connectivity index (χ1) is 13.4. The van der Waals surface area contributed by atoms with E-state index in [0.29, 0.717) is 24.4 Å². The van der Waals surface area contributed by atoms with Gasteiger partial charge in [-0.05, 0) is 49.8 Å². The first-order valence-corrected chi connectivity index (χ1v) is 9.50. The Kier molecular flexibility index (Phi) is 6.44. The van der Waals surface area contributed by atoms with Crippen molar-refractivity contribution in [2.75, 3.05) is 20.2 Å². The normalized spacial score (nSPS) is 18.2. The van der Waals surface area contributed by atoms with Crippen molar-refractivity contribution in [3.63, 3.8) is 0 Å². The molecule has 7 heteroatoms. The average Bonchev–Trinajstić information content (AvgIpc) is 2.66. The lowest BCUT2D eigenvalue weighted by atomic mass is 9.90. The minimum atomic E-state index is -4.31. The van der Waals surface area contributed by atoms with Crippen LogP contribution >= 0.6 is 0 Å². The van der Waals surface area contributed by atoms with Crippen LogP contribution in [0.15, 0.2) is 41.3 Å². The maximum Gasteiger partial charge on any atom is 0.416 e. The number of alkyl halides is 3. The molecule has 0 amide bonds. The largest absolute Gasteiger partial charge is 0.491 e. The van der Waals surface area contributed by atoms with Gasteiger partial charge in [-0.15, -0.1) is 0 Å². The van der Waals surface area contributed by atoms with Gasteiger partial charge in [0.1, 0.15) is 0 Å². The van der Waals surface area contributed by atoms with Crippen molar-refractivity contribution in [1.29, 1.82) is 0 Å². The summed E-state index contributed by atoms with van der Waals surface area (Å²) in [5, 5.41) is 0. The summed E-state index contributed by atoms with van der Waals surface area (Å²) in [4.78, 5) is 17.2. The molecule has 1 atom stereocenters. The number of likely N-dealkylation sites (tertiary alicyclic amines) is 1. The Morgan fingerprint density at radius 1 is 1.29 bits per heavy atom. The number of H-pyrrole nitrogens is 1. The molecule has 3 rings (SSSR count). The second-order valence-corrected chi connectivity index (χ2v) is 7.33. The predicted octanol–water partition coefficient (Wildman–Crippen LogP) is 4.25. The molecule has 152 valence electrons. The molecule has 0 spiro atoms. The number of benzene rings is 1. The standard InChI is InChI=1S/C21H25F3N2O2/c1-28-20-12-25-17(11-19(20)27)14-26-10-4-5-15(13-26)8-9-16-6-2-3-7-18(16)21(22,23)24/h2-3,6-7,11-12,15H,4-5,8-10,13-14H2,1H3,(H,25,27). The topological polar surface area (TPSA) is 45.3 Å². The van der Waals surface area contributed by atoms with Crippen LogP contribution in [0.1, 0.15) is 36.1 Å². The van der Waals surface area contributed by atoms with Gasteiger partial charge in [-0.2, -0.15) is 13.2 Å². The first kappa shape index (κ1) is 20.5. The molecule has 2 aromatic rings. The minimum absolute atomic E-state index is 0.159. The summed E-state index contributed by atoms with van der Waals surface area (Å²) in [6.07, 6.45) is 0.425. The van der Waals surface area contributed by atoms with E-state index in [0.717, 1.165) is 44.1 Å². The Morgan fingerprint density at radius 2 is 2.07 bits per heavy atom. The molecule has 2 heterocycles. The van der Waals surface area contributed by atoms with Gasteiger partial charge in [0.15, 0.2) is 5.75 Å². The summed E-state index contributed by atoms with van der Waals surface area (Å²) in [5.74, 6) is 0.628. The molecule has 1 aliphatic heterocycles. The summed E-state index contributed by atoms with van der Waals surface area (Å²) in [6.45, 7) is 2.36. The van der Waals surface area contributed by atoms with E-state index in [4.69, 9.17) is 4.74 Å². The summed E-state index contributed by atoms with van der Waals surface area (Å²) in [5.41, 5.74) is 0.493. The molecule has 4 nitrogen and oxygen atoms in total. The quantitative estimate of drug-likeness (QED) is 0.797. The van der Waals surface area contributed by atoms with Crippen LogP contribution in [0.3, 0.4) is 0 Å². The predicted molar refractivity (Wildman–Crippen MR) is 101 cm³/mol. The van der Waals surface area contributed by atoms with Crippen LogP contribution in [0, 0.1) is 5.92 Å². The lowest BCUT2D eigenvalue weighted by Crippen LogP contribution is -2.35. The number of rotatable bonds is 6. The van der Waals surface area contributed by atoms with Gasteiger partial charge >= 0.3 is 6.18 Å². The van der Waals surface area contributed by atoms with Gasteiger partial charge in [-0.25, -0.2) is 0 Å². The number of nitrogens with one attached hydrogen (secondary N) is 1. The summed E-state index contributed by atoms with van der Waals surface area (Å²) in [7, 11) is 1.45. The Labute approximate surface area is 162 Å². The number of aromatic amines is 1. The van der Waals surface area contributed by atoms with Crippen LogP contribution in [-0.2, 0) is 19.1 Å². The van der Waals surface area contributed by atoms with Crippen molar-refractivity contribution in [2.24, 2.45) is 5.92 Å². The Hall–Kier alpha value is -2.28. The fourth-order valence-corrected chi connectivity index (χ4v) is 3.90. The number of aryl methyl sites for hydroxylation is 1.